The van der Waals surface area contributed by atoms with E-state index in [1.807, 2.05) is 30.3 Å². The molecule has 2 aromatic rings. The first-order valence-corrected chi connectivity index (χ1v) is 6.85. The number of anilines is 1. The zero-order valence-corrected chi connectivity index (χ0v) is 12.6. The van der Waals surface area contributed by atoms with E-state index in [1.165, 1.54) is 0 Å². The van der Waals surface area contributed by atoms with E-state index in [9.17, 15) is 4.79 Å². The number of carbonyl (C=O) groups excluding carboxylic acids is 1. The predicted octanol–water partition coefficient (Wildman–Crippen LogP) is 3.17. The third-order valence-corrected chi connectivity index (χ3v) is 3.33. The molecule has 0 unspecified atom stereocenters. The number of amides is 1. The van der Waals surface area contributed by atoms with E-state index in [-0.39, 0.29) is 0 Å². The summed E-state index contributed by atoms with van der Waals surface area (Å²) in [6, 6.07) is 13.0. The van der Waals surface area contributed by atoms with Crippen LogP contribution >= 0.6 is 15.9 Å². The molecule has 0 aliphatic rings. The third-order valence-electron chi connectivity index (χ3n) is 2.87. The molecule has 0 heterocycles. The Balaban J connectivity index is 2.17. The van der Waals surface area contributed by atoms with Crippen LogP contribution in [0, 0.1) is 0 Å². The maximum absolute atomic E-state index is 11.4. The lowest BCUT2D eigenvalue weighted by Crippen LogP contribution is -2.15. The highest BCUT2D eigenvalue weighted by atomic mass is 79.9. The van der Waals surface area contributed by atoms with Crippen molar-refractivity contribution in [3.05, 3.63) is 58.1 Å². The van der Waals surface area contributed by atoms with E-state index < -0.39 is 5.91 Å². The smallest absolute Gasteiger partial charge is 0.249 e. The number of nitrogens with two attached hydrogens (primary N) is 1. The fraction of sp³-hybridized carbons (Fsp3) is 0.133. The number of rotatable bonds is 5. The standard InChI is InChI=1S/C15H15BrN2O2/c1-20-13-7-11(16)6-12(8-13)18-9-10-4-2-3-5-14(10)15(17)19/h2-8,18H,9H2,1H3,(H2,17,19). The van der Waals surface area contributed by atoms with Gasteiger partial charge in [0.05, 0.1) is 7.11 Å². The summed E-state index contributed by atoms with van der Waals surface area (Å²) in [6.45, 7) is 0.513. The third kappa shape index (κ3) is 3.51. The zero-order valence-electron chi connectivity index (χ0n) is 11.0. The number of nitrogens with one attached hydrogen (secondary N) is 1. The van der Waals surface area contributed by atoms with E-state index in [0.29, 0.717) is 12.1 Å². The highest BCUT2D eigenvalue weighted by Crippen LogP contribution is 2.25. The summed E-state index contributed by atoms with van der Waals surface area (Å²) in [5, 5.41) is 3.25. The molecule has 1 amide bonds. The molecule has 0 saturated heterocycles. The second-order valence-electron chi connectivity index (χ2n) is 4.25. The Labute approximate surface area is 126 Å². The Bertz CT molecular complexity index is 629. The quantitative estimate of drug-likeness (QED) is 0.882. The van der Waals surface area contributed by atoms with Gasteiger partial charge >= 0.3 is 0 Å². The first kappa shape index (κ1) is 14.4. The van der Waals surface area contributed by atoms with Gasteiger partial charge in [-0.1, -0.05) is 34.1 Å². The van der Waals surface area contributed by atoms with E-state index in [1.54, 1.807) is 19.2 Å². The predicted molar refractivity (Wildman–Crippen MR) is 83.0 cm³/mol. The summed E-state index contributed by atoms with van der Waals surface area (Å²) in [4.78, 5) is 11.4. The Morgan fingerprint density at radius 2 is 2.05 bits per heavy atom. The van der Waals surface area contributed by atoms with E-state index in [2.05, 4.69) is 21.2 Å². The van der Waals surface area contributed by atoms with Crippen LogP contribution in [0.25, 0.3) is 0 Å². The average Bonchev–Trinajstić information content (AvgIpc) is 2.44. The average molecular weight is 335 g/mol. The highest BCUT2D eigenvalue weighted by Gasteiger charge is 2.07. The number of halogens is 1. The molecule has 0 fully saturated rings. The molecular weight excluding hydrogens is 320 g/mol. The van der Waals surface area contributed by atoms with Crippen molar-refractivity contribution in [1.29, 1.82) is 0 Å². The van der Waals surface area contributed by atoms with Crippen LogP contribution in [-0.4, -0.2) is 13.0 Å². The van der Waals surface area contributed by atoms with Gasteiger partial charge in [-0.2, -0.15) is 0 Å². The molecule has 4 nitrogen and oxygen atoms in total. The van der Waals surface area contributed by atoms with E-state index in [0.717, 1.165) is 21.5 Å². The van der Waals surface area contributed by atoms with Gasteiger partial charge in [0.25, 0.3) is 0 Å². The minimum Gasteiger partial charge on any atom is -0.497 e. The number of ether oxygens (including phenoxy) is 1. The molecule has 104 valence electrons. The Morgan fingerprint density at radius 3 is 2.75 bits per heavy atom. The molecule has 0 atom stereocenters. The minimum absolute atomic E-state index is 0.422. The topological polar surface area (TPSA) is 64.3 Å². The van der Waals surface area contributed by atoms with Crippen molar-refractivity contribution >= 4 is 27.5 Å². The molecule has 0 aliphatic heterocycles. The van der Waals surface area contributed by atoms with E-state index >= 15 is 0 Å². The van der Waals surface area contributed by atoms with Gasteiger partial charge in [0, 0.05) is 28.3 Å². The Kier molecular flexibility index (Phi) is 4.63. The molecule has 5 heteroatoms. The Morgan fingerprint density at radius 1 is 1.30 bits per heavy atom. The van der Waals surface area contributed by atoms with Crippen LogP contribution in [-0.2, 0) is 6.54 Å². The van der Waals surface area contributed by atoms with Gasteiger partial charge in [0.15, 0.2) is 0 Å². The first-order chi connectivity index (χ1) is 9.60. The molecule has 3 N–H and O–H groups in total. The lowest BCUT2D eigenvalue weighted by molar-refractivity contribution is 0.0999. The second kappa shape index (κ2) is 6.43. The molecule has 0 bridgehead atoms. The van der Waals surface area contributed by atoms with Gasteiger partial charge in [0.2, 0.25) is 5.91 Å². The van der Waals surface area contributed by atoms with Gasteiger partial charge in [0.1, 0.15) is 5.75 Å². The van der Waals surface area contributed by atoms with Crippen molar-refractivity contribution in [3.63, 3.8) is 0 Å². The molecular formula is C15H15BrN2O2. The fourth-order valence-electron chi connectivity index (χ4n) is 1.89. The van der Waals surface area contributed by atoms with Crippen molar-refractivity contribution < 1.29 is 9.53 Å². The van der Waals surface area contributed by atoms with Crippen LogP contribution in [0.4, 0.5) is 5.69 Å². The summed E-state index contributed by atoms with van der Waals surface area (Å²) in [5.41, 5.74) is 7.65. The molecule has 0 radical (unpaired) electrons. The van der Waals surface area contributed by atoms with Crippen LogP contribution in [0.2, 0.25) is 0 Å². The second-order valence-corrected chi connectivity index (χ2v) is 5.17. The lowest BCUT2D eigenvalue weighted by atomic mass is 10.1. The highest BCUT2D eigenvalue weighted by molar-refractivity contribution is 9.10. The molecule has 2 rings (SSSR count). The molecule has 0 aliphatic carbocycles. The maximum Gasteiger partial charge on any atom is 0.249 e. The number of benzene rings is 2. The summed E-state index contributed by atoms with van der Waals surface area (Å²) < 4.78 is 6.12. The number of carbonyl (C=O) groups is 1. The molecule has 0 spiro atoms. The zero-order chi connectivity index (χ0) is 14.5. The molecule has 0 aromatic heterocycles. The van der Waals surface area contributed by atoms with Crippen molar-refractivity contribution in [2.24, 2.45) is 5.73 Å². The summed E-state index contributed by atoms with van der Waals surface area (Å²) in [7, 11) is 1.62. The van der Waals surface area contributed by atoms with E-state index in [4.69, 9.17) is 10.5 Å². The number of hydrogen-bond donors (Lipinski definition) is 2. The van der Waals surface area contributed by atoms with Gasteiger partial charge in [-0.15, -0.1) is 0 Å². The van der Waals surface area contributed by atoms with Gasteiger partial charge < -0.3 is 15.8 Å². The van der Waals surface area contributed by atoms with Crippen molar-refractivity contribution in [2.75, 3.05) is 12.4 Å². The normalized spacial score (nSPS) is 10.1. The fourth-order valence-corrected chi connectivity index (χ4v) is 2.37. The molecule has 0 saturated carbocycles. The first-order valence-electron chi connectivity index (χ1n) is 6.06. The van der Waals surface area contributed by atoms with Gasteiger partial charge in [-0.05, 0) is 23.8 Å². The van der Waals surface area contributed by atoms with Crippen molar-refractivity contribution in [3.8, 4) is 5.75 Å². The number of primary amides is 1. The van der Waals surface area contributed by atoms with Gasteiger partial charge in [-0.3, -0.25) is 4.79 Å². The van der Waals surface area contributed by atoms with Crippen LogP contribution < -0.4 is 15.8 Å². The van der Waals surface area contributed by atoms with Crippen molar-refractivity contribution in [2.45, 2.75) is 6.54 Å². The SMILES string of the molecule is COc1cc(Br)cc(NCc2ccccc2C(N)=O)c1. The number of methoxy groups -OCH3 is 1. The van der Waals surface area contributed by atoms with Crippen LogP contribution in [0.3, 0.4) is 0 Å². The van der Waals surface area contributed by atoms with Gasteiger partial charge in [-0.25, -0.2) is 0 Å². The van der Waals surface area contributed by atoms with Crippen LogP contribution in [0.15, 0.2) is 46.9 Å². The maximum atomic E-state index is 11.4. The lowest BCUT2D eigenvalue weighted by Gasteiger charge is -2.11. The monoisotopic (exact) mass is 334 g/mol. The van der Waals surface area contributed by atoms with Crippen LogP contribution in [0.5, 0.6) is 5.75 Å². The van der Waals surface area contributed by atoms with Crippen LogP contribution in [0.1, 0.15) is 15.9 Å². The molecule has 2 aromatic carbocycles. The summed E-state index contributed by atoms with van der Waals surface area (Å²) in [5.74, 6) is 0.333. The number of hydrogen-bond acceptors (Lipinski definition) is 3. The summed E-state index contributed by atoms with van der Waals surface area (Å²) in [6.07, 6.45) is 0. The Hall–Kier alpha value is -2.01. The summed E-state index contributed by atoms with van der Waals surface area (Å²) >= 11 is 3.42. The minimum atomic E-state index is -0.422. The molecule has 20 heavy (non-hydrogen) atoms. The largest absolute Gasteiger partial charge is 0.497 e. The van der Waals surface area contributed by atoms with Crippen molar-refractivity contribution in [1.82, 2.24) is 0 Å².